The molecule has 0 aliphatic rings. The highest BCUT2D eigenvalue weighted by Crippen LogP contribution is 2.25. The highest BCUT2D eigenvalue weighted by Gasteiger charge is 2.08. The van der Waals surface area contributed by atoms with Crippen molar-refractivity contribution in [1.82, 2.24) is 5.32 Å². The Kier molecular flexibility index (Phi) is 8.64. The van der Waals surface area contributed by atoms with Crippen molar-refractivity contribution >= 4 is 18.1 Å². The van der Waals surface area contributed by atoms with Crippen LogP contribution in [0.2, 0.25) is 0 Å². The molecule has 2 rings (SSSR count). The van der Waals surface area contributed by atoms with Crippen molar-refractivity contribution in [2.24, 2.45) is 5.73 Å². The van der Waals surface area contributed by atoms with Crippen molar-refractivity contribution in [2.75, 3.05) is 0 Å². The van der Waals surface area contributed by atoms with E-state index in [9.17, 15) is 4.79 Å². The van der Waals surface area contributed by atoms with Gasteiger partial charge < -0.3 is 15.8 Å². The normalized spacial score (nSPS) is 11.5. The van der Waals surface area contributed by atoms with Crippen molar-refractivity contribution in [1.29, 1.82) is 0 Å². The molecule has 0 atom stereocenters. The number of nitrogens with two attached hydrogens (primary N) is 1. The van der Waals surface area contributed by atoms with Crippen LogP contribution in [0.3, 0.4) is 0 Å². The quantitative estimate of drug-likeness (QED) is 0.383. The topological polar surface area (TPSA) is 64.3 Å². The molecule has 0 bridgehead atoms. The smallest absolute Gasteiger partial charge is 0.253 e. The van der Waals surface area contributed by atoms with E-state index in [1.807, 2.05) is 68.5 Å². The average Bonchev–Trinajstić information content (AvgIpc) is 2.75. The van der Waals surface area contributed by atoms with Crippen molar-refractivity contribution in [3.8, 4) is 11.5 Å². The Hall–Kier alpha value is -3.79. The number of rotatable bonds is 9. The molecule has 31 heavy (non-hydrogen) atoms. The molecule has 0 aliphatic carbocycles. The number of hydrogen-bond acceptors (Lipinski definition) is 3. The van der Waals surface area contributed by atoms with Crippen LogP contribution in [0, 0.1) is 0 Å². The maximum absolute atomic E-state index is 12.5. The van der Waals surface area contributed by atoms with Gasteiger partial charge in [-0.25, -0.2) is 0 Å². The van der Waals surface area contributed by atoms with E-state index in [1.54, 1.807) is 25.2 Å². The summed E-state index contributed by atoms with van der Waals surface area (Å²) in [6.45, 7) is 13.7. The number of carbonyl (C=O) groups is 1. The molecule has 0 heterocycles. The Morgan fingerprint density at radius 3 is 2.23 bits per heavy atom. The molecular weight excluding hydrogens is 384 g/mol. The van der Waals surface area contributed by atoms with Crippen LogP contribution in [0.25, 0.3) is 12.2 Å². The maximum Gasteiger partial charge on any atom is 0.253 e. The zero-order chi connectivity index (χ0) is 22.8. The molecule has 0 unspecified atom stereocenters. The molecular formula is C27H30N2O2. The number of hydrogen-bond donors (Lipinski definition) is 2. The van der Waals surface area contributed by atoms with Crippen molar-refractivity contribution in [2.45, 2.75) is 27.3 Å². The van der Waals surface area contributed by atoms with Crippen LogP contribution in [-0.4, -0.2) is 5.91 Å². The van der Waals surface area contributed by atoms with E-state index in [4.69, 9.17) is 10.5 Å². The van der Waals surface area contributed by atoms with Gasteiger partial charge in [0.15, 0.2) is 0 Å². The third-order valence-corrected chi connectivity index (χ3v) is 4.47. The van der Waals surface area contributed by atoms with Gasteiger partial charge in [0, 0.05) is 12.2 Å². The van der Waals surface area contributed by atoms with Gasteiger partial charge in [-0.05, 0) is 67.8 Å². The van der Waals surface area contributed by atoms with Crippen LogP contribution in [-0.2, 0) is 11.3 Å². The summed E-state index contributed by atoms with van der Waals surface area (Å²) >= 11 is 0. The fourth-order valence-electron chi connectivity index (χ4n) is 2.79. The second-order valence-corrected chi connectivity index (χ2v) is 7.33. The number of nitrogens with one attached hydrogen (secondary N) is 1. The summed E-state index contributed by atoms with van der Waals surface area (Å²) in [5.74, 6) is 1.22. The van der Waals surface area contributed by atoms with Gasteiger partial charge in [-0.15, -0.1) is 0 Å². The van der Waals surface area contributed by atoms with Crippen molar-refractivity contribution < 1.29 is 9.53 Å². The monoisotopic (exact) mass is 414 g/mol. The minimum atomic E-state index is -0.210. The summed E-state index contributed by atoms with van der Waals surface area (Å²) in [5, 5.41) is 2.91. The van der Waals surface area contributed by atoms with Gasteiger partial charge in [0.05, 0.1) is 5.57 Å². The van der Waals surface area contributed by atoms with Gasteiger partial charge in [-0.2, -0.15) is 0 Å². The van der Waals surface area contributed by atoms with Crippen LogP contribution in [0.15, 0.2) is 90.7 Å². The fourth-order valence-corrected chi connectivity index (χ4v) is 2.79. The molecule has 0 fully saturated rings. The van der Waals surface area contributed by atoms with E-state index in [0.717, 1.165) is 28.0 Å². The van der Waals surface area contributed by atoms with E-state index in [1.165, 1.54) is 0 Å². The average molecular weight is 415 g/mol. The molecule has 2 aromatic rings. The summed E-state index contributed by atoms with van der Waals surface area (Å²) in [4.78, 5) is 12.5. The predicted octanol–water partition coefficient (Wildman–Crippen LogP) is 6.14. The van der Waals surface area contributed by atoms with E-state index in [0.29, 0.717) is 23.6 Å². The molecule has 0 saturated carbocycles. The largest absolute Gasteiger partial charge is 0.457 e. The van der Waals surface area contributed by atoms with E-state index < -0.39 is 0 Å². The SMILES string of the molecule is C=Cc1ccc(Oc2ccc(CNC(=O)C(/C=C\C=C(C)C)=C(/C)N)cc2)cc1C=C. The van der Waals surface area contributed by atoms with E-state index in [2.05, 4.69) is 18.5 Å². The molecule has 0 aliphatic heterocycles. The summed E-state index contributed by atoms with van der Waals surface area (Å²) in [6, 6.07) is 13.3. The number of allylic oxidation sites excluding steroid dienone is 4. The lowest BCUT2D eigenvalue weighted by Crippen LogP contribution is -2.25. The van der Waals surface area contributed by atoms with E-state index in [-0.39, 0.29) is 5.91 Å². The van der Waals surface area contributed by atoms with Crippen molar-refractivity contribution in [3.05, 3.63) is 107 Å². The molecule has 4 nitrogen and oxygen atoms in total. The lowest BCUT2D eigenvalue weighted by Gasteiger charge is -2.10. The molecule has 2 aromatic carbocycles. The fraction of sp³-hybridized carbons (Fsp3) is 0.148. The van der Waals surface area contributed by atoms with Crippen LogP contribution in [0.1, 0.15) is 37.5 Å². The molecule has 160 valence electrons. The first kappa shape index (κ1) is 23.5. The summed E-state index contributed by atoms with van der Waals surface area (Å²) in [5.41, 5.74) is 10.9. The minimum Gasteiger partial charge on any atom is -0.457 e. The molecule has 4 heteroatoms. The second-order valence-electron chi connectivity index (χ2n) is 7.33. The second kappa shape index (κ2) is 11.4. The lowest BCUT2D eigenvalue weighted by atomic mass is 10.1. The van der Waals surface area contributed by atoms with Crippen molar-refractivity contribution in [3.63, 3.8) is 0 Å². The Bertz CT molecular complexity index is 1030. The number of carbonyl (C=O) groups excluding carboxylic acids is 1. The highest BCUT2D eigenvalue weighted by molar-refractivity contribution is 5.96. The third-order valence-electron chi connectivity index (χ3n) is 4.47. The van der Waals surface area contributed by atoms with Gasteiger partial charge in [-0.1, -0.05) is 61.2 Å². The lowest BCUT2D eigenvalue weighted by molar-refractivity contribution is -0.117. The Morgan fingerprint density at radius 1 is 1.00 bits per heavy atom. The molecule has 0 aromatic heterocycles. The summed E-state index contributed by atoms with van der Waals surface area (Å²) < 4.78 is 5.93. The number of amides is 1. The first-order valence-electron chi connectivity index (χ1n) is 10.1. The molecule has 0 spiro atoms. The van der Waals surface area contributed by atoms with Crippen LogP contribution in [0.4, 0.5) is 0 Å². The summed E-state index contributed by atoms with van der Waals surface area (Å²) in [7, 11) is 0. The maximum atomic E-state index is 12.5. The Morgan fingerprint density at radius 2 is 1.65 bits per heavy atom. The Labute approximate surface area is 185 Å². The zero-order valence-corrected chi connectivity index (χ0v) is 18.4. The van der Waals surface area contributed by atoms with Gasteiger partial charge in [-0.3, -0.25) is 4.79 Å². The highest BCUT2D eigenvalue weighted by atomic mass is 16.5. The summed E-state index contributed by atoms with van der Waals surface area (Å²) in [6.07, 6.45) is 9.04. The van der Waals surface area contributed by atoms with Crippen LogP contribution >= 0.6 is 0 Å². The standard InChI is InChI=1S/C27H30N2O2/c1-6-22-13-16-25(17-23(22)7-2)31-24-14-11-21(12-15-24)18-29-27(30)26(20(5)28)10-8-9-19(3)4/h6-17H,1-2,18,28H2,3-5H3,(H,29,30)/b10-8-,26-20-. The Balaban J connectivity index is 2.01. The molecule has 0 radical (unpaired) electrons. The number of ether oxygens (including phenoxy) is 1. The van der Waals surface area contributed by atoms with Gasteiger partial charge in [0.2, 0.25) is 0 Å². The first-order valence-corrected chi connectivity index (χ1v) is 10.1. The third kappa shape index (κ3) is 7.19. The minimum absolute atomic E-state index is 0.210. The molecule has 1 amide bonds. The van der Waals surface area contributed by atoms with Crippen LogP contribution < -0.4 is 15.8 Å². The number of benzene rings is 2. The molecule has 0 saturated heterocycles. The zero-order valence-electron chi connectivity index (χ0n) is 18.4. The van der Waals surface area contributed by atoms with Crippen LogP contribution in [0.5, 0.6) is 11.5 Å². The van der Waals surface area contributed by atoms with Gasteiger partial charge in [0.25, 0.3) is 5.91 Å². The molecule has 3 N–H and O–H groups in total. The van der Waals surface area contributed by atoms with E-state index >= 15 is 0 Å². The first-order chi connectivity index (χ1) is 14.8. The van der Waals surface area contributed by atoms with Gasteiger partial charge >= 0.3 is 0 Å². The van der Waals surface area contributed by atoms with Gasteiger partial charge in [0.1, 0.15) is 11.5 Å². The predicted molar refractivity (Wildman–Crippen MR) is 130 cm³/mol.